The van der Waals surface area contributed by atoms with Crippen molar-refractivity contribution in [3.63, 3.8) is 0 Å². The Kier molecular flexibility index (Phi) is 7.54. The van der Waals surface area contributed by atoms with Gasteiger partial charge in [0.05, 0.1) is 6.61 Å². The second-order valence-corrected chi connectivity index (χ2v) is 5.34. The number of benzene rings is 1. The maximum absolute atomic E-state index is 12.3. The third-order valence-corrected chi connectivity index (χ3v) is 3.65. The minimum Gasteiger partial charge on any atom is -0.494 e. The van der Waals surface area contributed by atoms with Crippen LogP contribution >= 0.6 is 12.4 Å². The Morgan fingerprint density at radius 3 is 3.00 bits per heavy atom. The molecule has 2 rings (SSSR count). The third-order valence-electron chi connectivity index (χ3n) is 3.65. The summed E-state index contributed by atoms with van der Waals surface area (Å²) < 4.78 is 5.56. The van der Waals surface area contributed by atoms with Crippen LogP contribution in [-0.2, 0) is 0 Å². The minimum atomic E-state index is -0.0208. The quantitative estimate of drug-likeness (QED) is 0.879. The molecule has 5 heteroatoms. The van der Waals surface area contributed by atoms with Crippen LogP contribution in [0.15, 0.2) is 24.3 Å². The number of nitrogens with one attached hydrogen (secondary N) is 2. The summed E-state index contributed by atoms with van der Waals surface area (Å²) in [4.78, 5) is 12.3. The van der Waals surface area contributed by atoms with Crippen LogP contribution < -0.4 is 15.4 Å². The first-order valence-electron chi connectivity index (χ1n) is 7.48. The molecule has 1 heterocycles. The number of ether oxygens (including phenoxy) is 1. The molecule has 0 radical (unpaired) electrons. The van der Waals surface area contributed by atoms with Crippen molar-refractivity contribution in [2.45, 2.75) is 45.2 Å². The highest BCUT2D eigenvalue weighted by Crippen LogP contribution is 2.15. The summed E-state index contributed by atoms with van der Waals surface area (Å²) in [6.07, 6.45) is 3.10. The molecule has 1 saturated heterocycles. The molecule has 2 N–H and O–H groups in total. The van der Waals surface area contributed by atoms with Gasteiger partial charge in [0.15, 0.2) is 0 Å². The third kappa shape index (κ3) is 5.21. The van der Waals surface area contributed by atoms with Gasteiger partial charge < -0.3 is 15.4 Å². The van der Waals surface area contributed by atoms with E-state index in [1.807, 2.05) is 24.3 Å². The average molecular weight is 313 g/mol. The van der Waals surface area contributed by atoms with Gasteiger partial charge in [-0.15, -0.1) is 12.4 Å². The summed E-state index contributed by atoms with van der Waals surface area (Å²) in [5.41, 5.74) is 0.663. The maximum Gasteiger partial charge on any atom is 0.251 e. The molecular formula is C16H25ClN2O2. The normalized spacial score (nSPS) is 21.2. The predicted octanol–water partition coefficient (Wildman–Crippen LogP) is 2.77. The highest BCUT2D eigenvalue weighted by atomic mass is 35.5. The maximum atomic E-state index is 12.3. The summed E-state index contributed by atoms with van der Waals surface area (Å²) >= 11 is 0. The van der Waals surface area contributed by atoms with Crippen LogP contribution in [-0.4, -0.2) is 31.1 Å². The zero-order valence-corrected chi connectivity index (χ0v) is 13.5. The molecule has 1 aliphatic rings. The summed E-state index contributed by atoms with van der Waals surface area (Å²) in [6.45, 7) is 5.89. The van der Waals surface area contributed by atoms with E-state index >= 15 is 0 Å². The minimum absolute atomic E-state index is 0. The topological polar surface area (TPSA) is 50.4 Å². The molecule has 1 fully saturated rings. The van der Waals surface area contributed by atoms with Crippen molar-refractivity contribution >= 4 is 18.3 Å². The lowest BCUT2D eigenvalue weighted by molar-refractivity contribution is 0.0919. The van der Waals surface area contributed by atoms with Crippen molar-refractivity contribution in [2.75, 3.05) is 13.2 Å². The first-order chi connectivity index (χ1) is 9.70. The molecule has 0 aliphatic carbocycles. The van der Waals surface area contributed by atoms with Gasteiger partial charge in [0.25, 0.3) is 5.91 Å². The fraction of sp³-hybridized carbons (Fsp3) is 0.562. The van der Waals surface area contributed by atoms with E-state index < -0.39 is 0 Å². The van der Waals surface area contributed by atoms with Crippen molar-refractivity contribution in [1.82, 2.24) is 10.6 Å². The lowest BCUT2D eigenvalue weighted by Gasteiger charge is -2.30. The molecule has 0 bridgehead atoms. The number of hydrogen-bond donors (Lipinski definition) is 2. The molecule has 1 aromatic carbocycles. The van der Waals surface area contributed by atoms with Crippen molar-refractivity contribution in [3.8, 4) is 5.75 Å². The van der Waals surface area contributed by atoms with Crippen molar-refractivity contribution in [3.05, 3.63) is 29.8 Å². The SMILES string of the molecule is CCCOc1cccc(C(=O)NC2CCCNC2C)c1.Cl. The van der Waals surface area contributed by atoms with Crippen LogP contribution in [0.1, 0.15) is 43.5 Å². The van der Waals surface area contributed by atoms with E-state index in [9.17, 15) is 4.79 Å². The van der Waals surface area contributed by atoms with Crippen LogP contribution in [0.2, 0.25) is 0 Å². The molecule has 4 nitrogen and oxygen atoms in total. The number of amides is 1. The fourth-order valence-corrected chi connectivity index (χ4v) is 2.44. The summed E-state index contributed by atoms with van der Waals surface area (Å²) in [5, 5.41) is 6.50. The number of hydrogen-bond acceptors (Lipinski definition) is 3. The van der Waals surface area contributed by atoms with Gasteiger partial charge in [-0.25, -0.2) is 0 Å². The number of halogens is 1. The van der Waals surface area contributed by atoms with Crippen LogP contribution in [0, 0.1) is 0 Å². The Bertz CT molecular complexity index is 454. The lowest BCUT2D eigenvalue weighted by Crippen LogP contribution is -2.51. The molecule has 0 saturated carbocycles. The summed E-state index contributed by atoms with van der Waals surface area (Å²) in [5.74, 6) is 0.738. The van der Waals surface area contributed by atoms with Gasteiger partial charge >= 0.3 is 0 Å². The van der Waals surface area contributed by atoms with Gasteiger partial charge in [-0.05, 0) is 50.9 Å². The Morgan fingerprint density at radius 1 is 1.48 bits per heavy atom. The van der Waals surface area contributed by atoms with Gasteiger partial charge in [0, 0.05) is 17.6 Å². The number of carbonyl (C=O) groups excluding carboxylic acids is 1. The molecule has 118 valence electrons. The zero-order valence-electron chi connectivity index (χ0n) is 12.7. The van der Waals surface area contributed by atoms with E-state index in [2.05, 4.69) is 24.5 Å². The molecule has 1 amide bonds. The monoisotopic (exact) mass is 312 g/mol. The molecule has 0 spiro atoms. The largest absolute Gasteiger partial charge is 0.494 e. The predicted molar refractivity (Wildman–Crippen MR) is 87.4 cm³/mol. The van der Waals surface area contributed by atoms with Crippen LogP contribution in [0.4, 0.5) is 0 Å². The smallest absolute Gasteiger partial charge is 0.251 e. The van der Waals surface area contributed by atoms with Crippen LogP contribution in [0.5, 0.6) is 5.75 Å². The first-order valence-corrected chi connectivity index (χ1v) is 7.48. The highest BCUT2D eigenvalue weighted by Gasteiger charge is 2.22. The van der Waals surface area contributed by atoms with Gasteiger partial charge in [-0.2, -0.15) is 0 Å². The number of piperidine rings is 1. The van der Waals surface area contributed by atoms with E-state index in [1.54, 1.807) is 0 Å². The summed E-state index contributed by atoms with van der Waals surface area (Å²) in [6, 6.07) is 7.92. The van der Waals surface area contributed by atoms with E-state index in [1.165, 1.54) is 0 Å². The Labute approximate surface area is 133 Å². The van der Waals surface area contributed by atoms with Crippen molar-refractivity contribution in [1.29, 1.82) is 0 Å². The number of rotatable bonds is 5. The second kappa shape index (κ2) is 8.90. The number of carbonyl (C=O) groups is 1. The van der Waals surface area contributed by atoms with E-state index in [-0.39, 0.29) is 24.4 Å². The first kappa shape index (κ1) is 17.8. The molecule has 21 heavy (non-hydrogen) atoms. The Morgan fingerprint density at radius 2 is 2.29 bits per heavy atom. The zero-order chi connectivity index (χ0) is 14.4. The molecule has 1 aliphatic heterocycles. The van der Waals surface area contributed by atoms with Gasteiger partial charge in [-0.1, -0.05) is 13.0 Å². The molecule has 0 aromatic heterocycles. The van der Waals surface area contributed by atoms with E-state index in [0.717, 1.165) is 31.6 Å². The average Bonchev–Trinajstić information content (AvgIpc) is 2.48. The van der Waals surface area contributed by atoms with Crippen molar-refractivity contribution in [2.24, 2.45) is 0 Å². The van der Waals surface area contributed by atoms with Crippen molar-refractivity contribution < 1.29 is 9.53 Å². The fourth-order valence-electron chi connectivity index (χ4n) is 2.44. The molecule has 2 atom stereocenters. The lowest BCUT2D eigenvalue weighted by atomic mass is 9.99. The Hall–Kier alpha value is -1.26. The molecule has 1 aromatic rings. The van der Waals surface area contributed by atoms with Gasteiger partial charge in [0.1, 0.15) is 5.75 Å². The molecule has 2 unspecified atom stereocenters. The highest BCUT2D eigenvalue weighted by molar-refractivity contribution is 5.94. The van der Waals surface area contributed by atoms with Gasteiger partial charge in [0.2, 0.25) is 0 Å². The van der Waals surface area contributed by atoms with Crippen LogP contribution in [0.25, 0.3) is 0 Å². The van der Waals surface area contributed by atoms with Gasteiger partial charge in [-0.3, -0.25) is 4.79 Å². The Balaban J connectivity index is 0.00000220. The van der Waals surface area contributed by atoms with E-state index in [0.29, 0.717) is 18.2 Å². The standard InChI is InChI=1S/C16H24N2O2.ClH/c1-3-10-20-14-7-4-6-13(11-14)16(19)18-15-8-5-9-17-12(15)2;/h4,6-7,11-12,15,17H,3,5,8-10H2,1-2H3,(H,18,19);1H. The molecular weight excluding hydrogens is 288 g/mol. The van der Waals surface area contributed by atoms with E-state index in [4.69, 9.17) is 4.74 Å². The van der Waals surface area contributed by atoms with Crippen LogP contribution in [0.3, 0.4) is 0 Å². The summed E-state index contributed by atoms with van der Waals surface area (Å²) in [7, 11) is 0. The second-order valence-electron chi connectivity index (χ2n) is 5.34.